The minimum absolute atomic E-state index is 0.00152. The van der Waals surface area contributed by atoms with Crippen LogP contribution in [-0.2, 0) is 19.1 Å². The molecule has 0 unspecified atom stereocenters. The number of alkyl carbamates (subject to hydrolysis) is 1. The van der Waals surface area contributed by atoms with Gasteiger partial charge >= 0.3 is 6.09 Å². The van der Waals surface area contributed by atoms with Crippen LogP contribution >= 0.6 is 0 Å². The number of carbonyl (C=O) groups is 4. The third-order valence-corrected chi connectivity index (χ3v) is 8.26. The number of hydrogen-bond donors (Lipinski definition) is 2. The quantitative estimate of drug-likeness (QED) is 0.526. The molecule has 40 heavy (non-hydrogen) atoms. The van der Waals surface area contributed by atoms with E-state index < -0.39 is 29.2 Å². The Kier molecular flexibility index (Phi) is 9.31. The van der Waals surface area contributed by atoms with Gasteiger partial charge in [-0.05, 0) is 89.8 Å². The van der Waals surface area contributed by atoms with Crippen LogP contribution in [0.5, 0.6) is 0 Å². The molecule has 1 saturated carbocycles. The second-order valence-corrected chi connectivity index (χ2v) is 12.5. The monoisotopic (exact) mass is 552 g/mol. The largest absolute Gasteiger partial charge is 0.444 e. The van der Waals surface area contributed by atoms with Gasteiger partial charge in [0.1, 0.15) is 11.6 Å². The lowest BCUT2D eigenvalue weighted by molar-refractivity contribution is -0.140. The molecule has 2 aliphatic heterocycles. The number of rotatable bonds is 4. The summed E-state index contributed by atoms with van der Waals surface area (Å²) in [5.74, 6) is -0.450. The highest BCUT2D eigenvalue weighted by molar-refractivity contribution is 5.97. The number of ether oxygens (including phenoxy) is 1. The molecule has 0 aromatic carbocycles. The van der Waals surface area contributed by atoms with Crippen molar-refractivity contribution in [3.05, 3.63) is 42.2 Å². The first-order valence-corrected chi connectivity index (χ1v) is 14.7. The standard InChI is InChI=1S/C31H44N4O5/c1-21(22-14-16-32-17-15-22)33-28(38)31-19-23(31)11-8-6-5-7-9-12-24(34-29(39)40-30(2,3)4)27(37)35-18-10-13-25(35)26(36)20-31/h8,11,14-17,21,23-25H,5-7,9-10,12-13,18-20H2,1-4H3,(H,33,38)(H,34,39)/b11-8-/t21-,23+,24-,25-,31+/m0/s1. The van der Waals surface area contributed by atoms with E-state index in [-0.39, 0.29) is 36.0 Å². The second-order valence-electron chi connectivity index (χ2n) is 12.5. The summed E-state index contributed by atoms with van der Waals surface area (Å²) in [5.41, 5.74) is -0.539. The highest BCUT2D eigenvalue weighted by Gasteiger charge is 2.60. The van der Waals surface area contributed by atoms with E-state index in [9.17, 15) is 19.2 Å². The zero-order valence-electron chi connectivity index (χ0n) is 24.3. The lowest BCUT2D eigenvalue weighted by Crippen LogP contribution is -2.52. The first-order valence-electron chi connectivity index (χ1n) is 14.7. The minimum atomic E-state index is -0.805. The van der Waals surface area contributed by atoms with Crippen LogP contribution in [0.15, 0.2) is 36.7 Å². The highest BCUT2D eigenvalue weighted by atomic mass is 16.6. The molecule has 0 radical (unpaired) electrons. The molecule has 3 aliphatic rings. The number of fused-ring (bicyclic) bond motifs is 2. The number of carbonyl (C=O) groups excluding carboxylic acids is 4. The molecule has 3 heterocycles. The summed E-state index contributed by atoms with van der Waals surface area (Å²) in [4.78, 5) is 59.4. The molecule has 1 aliphatic carbocycles. The lowest BCUT2D eigenvalue weighted by Gasteiger charge is -2.30. The van der Waals surface area contributed by atoms with Crippen LogP contribution in [-0.4, -0.2) is 57.8 Å². The molecule has 1 aromatic rings. The van der Waals surface area contributed by atoms with Gasteiger partial charge in [-0.3, -0.25) is 19.4 Å². The van der Waals surface area contributed by atoms with E-state index in [0.717, 1.165) is 31.2 Å². The fourth-order valence-corrected chi connectivity index (χ4v) is 5.96. The molecule has 2 N–H and O–H groups in total. The maximum atomic E-state index is 13.8. The van der Waals surface area contributed by atoms with Crippen molar-refractivity contribution in [2.75, 3.05) is 6.54 Å². The van der Waals surface area contributed by atoms with Gasteiger partial charge in [-0.2, -0.15) is 0 Å². The van der Waals surface area contributed by atoms with Gasteiger partial charge in [0.15, 0.2) is 5.78 Å². The van der Waals surface area contributed by atoms with Crippen LogP contribution in [0.1, 0.15) is 97.1 Å². The summed E-state index contributed by atoms with van der Waals surface area (Å²) >= 11 is 0. The lowest BCUT2D eigenvalue weighted by atomic mass is 9.90. The van der Waals surface area contributed by atoms with Gasteiger partial charge in [-0.15, -0.1) is 0 Å². The number of nitrogens with zero attached hydrogens (tertiary/aromatic N) is 2. The first-order chi connectivity index (χ1) is 19.0. The third-order valence-electron chi connectivity index (χ3n) is 8.26. The van der Waals surface area contributed by atoms with Crippen LogP contribution < -0.4 is 10.6 Å². The Hall–Kier alpha value is -3.23. The SMILES string of the molecule is C[C@H](NC(=O)[C@]12CC(=O)[C@@H]3CCCN3C(=O)[C@@H](NC(=O)OC(C)(C)C)CCCCC/C=C\[C@@H]1C2)c1ccncc1. The summed E-state index contributed by atoms with van der Waals surface area (Å²) in [7, 11) is 0. The van der Waals surface area contributed by atoms with Gasteiger partial charge in [-0.1, -0.05) is 25.0 Å². The molecule has 0 bridgehead atoms. The molecule has 1 saturated heterocycles. The first kappa shape index (κ1) is 29.7. The smallest absolute Gasteiger partial charge is 0.408 e. The van der Waals surface area contributed by atoms with Crippen LogP contribution in [0.2, 0.25) is 0 Å². The van der Waals surface area contributed by atoms with Gasteiger partial charge in [-0.25, -0.2) is 4.79 Å². The van der Waals surface area contributed by atoms with Crippen LogP contribution in [0, 0.1) is 11.3 Å². The Labute approximate surface area is 237 Å². The van der Waals surface area contributed by atoms with Crippen molar-refractivity contribution in [1.82, 2.24) is 20.5 Å². The van der Waals surface area contributed by atoms with E-state index in [1.807, 2.05) is 19.1 Å². The summed E-state index contributed by atoms with van der Waals surface area (Å²) in [6.07, 6.45) is 13.0. The molecule has 4 rings (SSSR count). The van der Waals surface area contributed by atoms with Crippen LogP contribution in [0.4, 0.5) is 4.79 Å². The number of allylic oxidation sites excluding steroid dienone is 2. The zero-order valence-corrected chi connectivity index (χ0v) is 24.3. The Morgan fingerprint density at radius 2 is 1.85 bits per heavy atom. The second kappa shape index (κ2) is 12.5. The molecule has 2 fully saturated rings. The normalized spacial score (nSPS) is 29.2. The number of Topliss-reactive ketones (excluding diaryl/α,β-unsaturated/α-hetero) is 1. The van der Waals surface area contributed by atoms with Crippen molar-refractivity contribution in [3.63, 3.8) is 0 Å². The van der Waals surface area contributed by atoms with Crippen molar-refractivity contribution in [2.24, 2.45) is 11.3 Å². The van der Waals surface area contributed by atoms with E-state index >= 15 is 0 Å². The summed E-state index contributed by atoms with van der Waals surface area (Å²) in [6.45, 7) is 7.73. The molecule has 9 nitrogen and oxygen atoms in total. The van der Waals surface area contributed by atoms with Crippen LogP contribution in [0.3, 0.4) is 0 Å². The van der Waals surface area contributed by atoms with Gasteiger partial charge in [0.05, 0.1) is 17.5 Å². The number of ketones is 1. The molecular formula is C31H44N4O5. The highest BCUT2D eigenvalue weighted by Crippen LogP contribution is 2.57. The average molecular weight is 553 g/mol. The summed E-state index contributed by atoms with van der Waals surface area (Å²) < 4.78 is 5.42. The molecule has 1 aromatic heterocycles. The molecular weight excluding hydrogens is 508 g/mol. The van der Waals surface area contributed by atoms with Crippen molar-refractivity contribution in [1.29, 1.82) is 0 Å². The summed E-state index contributed by atoms with van der Waals surface area (Å²) in [5, 5.41) is 5.91. The van der Waals surface area contributed by atoms with E-state index in [4.69, 9.17) is 4.74 Å². The predicted octanol–water partition coefficient (Wildman–Crippen LogP) is 4.63. The Bertz CT molecular complexity index is 1110. The third kappa shape index (κ3) is 7.29. The number of nitrogens with one attached hydrogen (secondary N) is 2. The van der Waals surface area contributed by atoms with Crippen molar-refractivity contribution in [3.8, 4) is 0 Å². The van der Waals surface area contributed by atoms with Gasteiger partial charge in [0.2, 0.25) is 11.8 Å². The number of aromatic nitrogens is 1. The van der Waals surface area contributed by atoms with Gasteiger partial charge < -0.3 is 20.3 Å². The molecule has 218 valence electrons. The topological polar surface area (TPSA) is 118 Å². The van der Waals surface area contributed by atoms with Crippen molar-refractivity contribution in [2.45, 2.75) is 109 Å². The number of pyridine rings is 1. The molecule has 3 amide bonds. The van der Waals surface area contributed by atoms with Gasteiger partial charge in [0, 0.05) is 25.4 Å². The molecule has 0 spiro atoms. The van der Waals surface area contributed by atoms with E-state index in [1.54, 1.807) is 38.1 Å². The minimum Gasteiger partial charge on any atom is -0.444 e. The Morgan fingerprint density at radius 1 is 1.10 bits per heavy atom. The summed E-state index contributed by atoms with van der Waals surface area (Å²) in [6, 6.07) is 2.19. The Balaban J connectivity index is 1.53. The van der Waals surface area contributed by atoms with Crippen LogP contribution in [0.25, 0.3) is 0 Å². The van der Waals surface area contributed by atoms with E-state index in [2.05, 4.69) is 27.8 Å². The van der Waals surface area contributed by atoms with Gasteiger partial charge in [0.25, 0.3) is 0 Å². The molecule has 9 heteroatoms. The van der Waals surface area contributed by atoms with E-state index in [0.29, 0.717) is 32.2 Å². The maximum Gasteiger partial charge on any atom is 0.408 e. The number of hydrogen-bond acceptors (Lipinski definition) is 6. The molecule has 5 atom stereocenters. The Morgan fingerprint density at radius 3 is 2.58 bits per heavy atom. The fourth-order valence-electron chi connectivity index (χ4n) is 5.96. The average Bonchev–Trinajstić information content (AvgIpc) is 3.36. The van der Waals surface area contributed by atoms with Crippen molar-refractivity contribution >= 4 is 23.7 Å². The maximum absolute atomic E-state index is 13.8. The number of amides is 3. The zero-order chi connectivity index (χ0) is 28.9. The predicted molar refractivity (Wildman–Crippen MR) is 151 cm³/mol. The fraction of sp³-hybridized carbons (Fsp3) is 0.645. The van der Waals surface area contributed by atoms with E-state index in [1.165, 1.54) is 0 Å². The van der Waals surface area contributed by atoms with Crippen molar-refractivity contribution < 1.29 is 23.9 Å².